The molecule has 0 saturated carbocycles. The number of hydrogen-bond acceptors (Lipinski definition) is 3. The third-order valence-corrected chi connectivity index (χ3v) is 5.85. The Morgan fingerprint density at radius 2 is 1.65 bits per heavy atom. The van der Waals surface area contributed by atoms with Crippen molar-refractivity contribution in [2.24, 2.45) is 0 Å². The minimum Gasteiger partial charge on any atom is -0.334 e. The standard InChI is InChI=1S/C22H20F3N3O3/c1-26-18(9-13-5-3-2-4-6-13)22(31)28-8-7-27(12-19(28)21(26)30)20(29)14-10-16(24)17(25)11-15(14)23/h2-6,10-11,18-19H,7-9,12H2,1H3/t18-,19+/m0/s1. The van der Waals surface area contributed by atoms with Gasteiger partial charge in [-0.25, -0.2) is 13.2 Å². The molecule has 0 radical (unpaired) electrons. The number of piperazine rings is 2. The highest BCUT2D eigenvalue weighted by molar-refractivity contribution is 5.99. The van der Waals surface area contributed by atoms with Crippen LogP contribution in [0.1, 0.15) is 15.9 Å². The summed E-state index contributed by atoms with van der Waals surface area (Å²) in [5.41, 5.74) is 0.304. The Labute approximate surface area is 176 Å². The predicted octanol–water partition coefficient (Wildman–Crippen LogP) is 1.84. The molecular weight excluding hydrogens is 411 g/mol. The van der Waals surface area contributed by atoms with Gasteiger partial charge >= 0.3 is 0 Å². The molecule has 2 aromatic carbocycles. The summed E-state index contributed by atoms with van der Waals surface area (Å²) in [5.74, 6) is -5.32. The fraction of sp³-hybridized carbons (Fsp3) is 0.318. The highest BCUT2D eigenvalue weighted by Gasteiger charge is 2.47. The smallest absolute Gasteiger partial charge is 0.257 e. The van der Waals surface area contributed by atoms with Crippen LogP contribution in [0.3, 0.4) is 0 Å². The molecule has 3 amide bonds. The van der Waals surface area contributed by atoms with Gasteiger partial charge in [-0.3, -0.25) is 14.4 Å². The van der Waals surface area contributed by atoms with Gasteiger partial charge in [0.15, 0.2) is 11.6 Å². The number of likely N-dealkylation sites (N-methyl/N-ethyl adjacent to an activating group) is 1. The largest absolute Gasteiger partial charge is 0.334 e. The normalized spacial score (nSPS) is 21.4. The van der Waals surface area contributed by atoms with Crippen molar-refractivity contribution in [1.29, 1.82) is 0 Å². The van der Waals surface area contributed by atoms with Crippen LogP contribution in [0.15, 0.2) is 42.5 Å². The van der Waals surface area contributed by atoms with Gasteiger partial charge in [-0.2, -0.15) is 0 Å². The summed E-state index contributed by atoms with van der Waals surface area (Å²) >= 11 is 0. The summed E-state index contributed by atoms with van der Waals surface area (Å²) in [5, 5.41) is 0. The summed E-state index contributed by atoms with van der Waals surface area (Å²) in [6.07, 6.45) is 0.369. The van der Waals surface area contributed by atoms with Crippen molar-refractivity contribution in [2.45, 2.75) is 18.5 Å². The zero-order valence-electron chi connectivity index (χ0n) is 16.7. The molecule has 6 nitrogen and oxygen atoms in total. The molecule has 162 valence electrons. The average molecular weight is 431 g/mol. The number of carbonyl (C=O) groups excluding carboxylic acids is 3. The second-order valence-electron chi connectivity index (χ2n) is 7.70. The van der Waals surface area contributed by atoms with Gasteiger partial charge in [0.2, 0.25) is 11.8 Å². The maximum Gasteiger partial charge on any atom is 0.257 e. The molecule has 9 heteroatoms. The van der Waals surface area contributed by atoms with E-state index in [-0.39, 0.29) is 31.4 Å². The molecule has 2 aliphatic heterocycles. The fourth-order valence-corrected chi connectivity index (χ4v) is 4.11. The molecule has 2 aliphatic rings. The number of fused-ring (bicyclic) bond motifs is 1. The van der Waals surface area contributed by atoms with Crippen molar-refractivity contribution in [1.82, 2.24) is 14.7 Å². The Morgan fingerprint density at radius 1 is 0.968 bits per heavy atom. The van der Waals surface area contributed by atoms with Crippen LogP contribution in [0.2, 0.25) is 0 Å². The van der Waals surface area contributed by atoms with Crippen LogP contribution in [0.25, 0.3) is 0 Å². The van der Waals surface area contributed by atoms with E-state index < -0.39 is 41.0 Å². The van der Waals surface area contributed by atoms with Crippen molar-refractivity contribution in [3.05, 3.63) is 71.0 Å². The number of amides is 3. The first kappa shape index (κ1) is 20.9. The first-order valence-corrected chi connectivity index (χ1v) is 9.83. The first-order chi connectivity index (χ1) is 14.8. The molecule has 0 N–H and O–H groups in total. The minimum atomic E-state index is -1.39. The van der Waals surface area contributed by atoms with Crippen molar-refractivity contribution >= 4 is 17.7 Å². The lowest BCUT2D eigenvalue weighted by molar-refractivity contribution is -0.163. The van der Waals surface area contributed by atoms with E-state index in [9.17, 15) is 27.6 Å². The Bertz CT molecular complexity index is 1050. The summed E-state index contributed by atoms with van der Waals surface area (Å²) < 4.78 is 40.7. The molecular formula is C22H20F3N3O3. The van der Waals surface area contributed by atoms with E-state index in [0.29, 0.717) is 18.6 Å². The molecule has 0 aliphatic carbocycles. The molecule has 2 atom stereocenters. The van der Waals surface area contributed by atoms with Crippen LogP contribution >= 0.6 is 0 Å². The van der Waals surface area contributed by atoms with E-state index in [0.717, 1.165) is 5.56 Å². The van der Waals surface area contributed by atoms with Gasteiger partial charge in [-0.1, -0.05) is 30.3 Å². The number of rotatable bonds is 3. The second kappa shape index (κ2) is 8.05. The molecule has 0 bridgehead atoms. The van der Waals surface area contributed by atoms with Crippen LogP contribution in [0.4, 0.5) is 13.2 Å². The highest BCUT2D eigenvalue weighted by atomic mass is 19.2. The summed E-state index contributed by atoms with van der Waals surface area (Å²) in [6.45, 7) is -0.00972. The van der Waals surface area contributed by atoms with E-state index in [1.807, 2.05) is 30.3 Å². The van der Waals surface area contributed by atoms with Gasteiger partial charge in [-0.05, 0) is 11.6 Å². The SMILES string of the molecule is CN1C(=O)[C@H]2CN(C(=O)c3cc(F)c(F)cc3F)CCN2C(=O)[C@@H]1Cc1ccccc1. The first-order valence-electron chi connectivity index (χ1n) is 9.83. The minimum absolute atomic E-state index is 0.0502. The average Bonchev–Trinajstić information content (AvgIpc) is 2.77. The lowest BCUT2D eigenvalue weighted by atomic mass is 9.96. The molecule has 0 aromatic heterocycles. The van der Waals surface area contributed by atoms with E-state index in [4.69, 9.17) is 0 Å². The molecule has 2 fully saturated rings. The Kier molecular flexibility index (Phi) is 5.43. The summed E-state index contributed by atoms with van der Waals surface area (Å²) in [7, 11) is 1.54. The molecule has 2 heterocycles. The van der Waals surface area contributed by atoms with Gasteiger partial charge in [0.1, 0.15) is 17.9 Å². The quantitative estimate of drug-likeness (QED) is 0.697. The van der Waals surface area contributed by atoms with Gasteiger partial charge in [0.05, 0.1) is 12.1 Å². The number of carbonyl (C=O) groups is 3. The van der Waals surface area contributed by atoms with E-state index in [2.05, 4.69) is 0 Å². The number of hydrogen-bond donors (Lipinski definition) is 0. The van der Waals surface area contributed by atoms with Crippen LogP contribution < -0.4 is 0 Å². The van der Waals surface area contributed by atoms with Crippen LogP contribution in [-0.2, 0) is 16.0 Å². The van der Waals surface area contributed by atoms with Crippen molar-refractivity contribution in [2.75, 3.05) is 26.7 Å². The highest BCUT2D eigenvalue weighted by Crippen LogP contribution is 2.25. The van der Waals surface area contributed by atoms with Crippen LogP contribution in [0.5, 0.6) is 0 Å². The Balaban J connectivity index is 1.53. The maximum absolute atomic E-state index is 14.0. The van der Waals surface area contributed by atoms with E-state index in [1.165, 1.54) is 14.7 Å². The maximum atomic E-state index is 14.0. The van der Waals surface area contributed by atoms with Gasteiger partial charge in [0.25, 0.3) is 5.91 Å². The topological polar surface area (TPSA) is 60.9 Å². The van der Waals surface area contributed by atoms with Crippen LogP contribution in [0, 0.1) is 17.5 Å². The van der Waals surface area contributed by atoms with Crippen molar-refractivity contribution < 1.29 is 27.6 Å². The van der Waals surface area contributed by atoms with Crippen LogP contribution in [-0.4, -0.2) is 71.2 Å². The van der Waals surface area contributed by atoms with Gasteiger partial charge < -0.3 is 14.7 Å². The number of nitrogens with zero attached hydrogens (tertiary/aromatic N) is 3. The molecule has 0 unspecified atom stereocenters. The predicted molar refractivity (Wildman–Crippen MR) is 104 cm³/mol. The number of halogens is 3. The fourth-order valence-electron chi connectivity index (χ4n) is 4.11. The van der Waals surface area contributed by atoms with Gasteiger partial charge in [0, 0.05) is 32.6 Å². The Hall–Kier alpha value is -3.36. The lowest BCUT2D eigenvalue weighted by Gasteiger charge is -2.48. The Morgan fingerprint density at radius 3 is 2.35 bits per heavy atom. The lowest BCUT2D eigenvalue weighted by Crippen LogP contribution is -2.70. The third-order valence-electron chi connectivity index (χ3n) is 5.85. The van der Waals surface area contributed by atoms with Crippen molar-refractivity contribution in [3.8, 4) is 0 Å². The molecule has 2 aromatic rings. The summed E-state index contributed by atoms with van der Waals surface area (Å²) in [6, 6.07) is 8.60. The van der Waals surface area contributed by atoms with E-state index in [1.54, 1.807) is 7.05 Å². The van der Waals surface area contributed by atoms with E-state index >= 15 is 0 Å². The summed E-state index contributed by atoms with van der Waals surface area (Å²) in [4.78, 5) is 42.8. The molecule has 31 heavy (non-hydrogen) atoms. The molecule has 0 spiro atoms. The van der Waals surface area contributed by atoms with Gasteiger partial charge in [-0.15, -0.1) is 0 Å². The zero-order chi connectivity index (χ0) is 22.3. The second-order valence-corrected chi connectivity index (χ2v) is 7.70. The monoisotopic (exact) mass is 431 g/mol. The molecule has 4 rings (SSSR count). The molecule has 2 saturated heterocycles. The van der Waals surface area contributed by atoms with Crippen molar-refractivity contribution in [3.63, 3.8) is 0 Å². The zero-order valence-corrected chi connectivity index (χ0v) is 16.7. The number of benzene rings is 2. The third kappa shape index (κ3) is 3.75.